The molecular weight excluding hydrogens is 308 g/mol. The molecule has 1 atom stereocenters. The van der Waals surface area contributed by atoms with Gasteiger partial charge in [-0.1, -0.05) is 24.6 Å². The quantitative estimate of drug-likeness (QED) is 0.836. The Labute approximate surface area is 152 Å². The number of hydrogen-bond acceptors (Lipinski definition) is 2. The van der Waals surface area contributed by atoms with Crippen LogP contribution in [0.2, 0.25) is 0 Å². The van der Waals surface area contributed by atoms with Crippen LogP contribution in [-0.4, -0.2) is 47.4 Å². The molecule has 4 rings (SSSR count). The fourth-order valence-electron chi connectivity index (χ4n) is 4.77. The zero-order valence-corrected chi connectivity index (χ0v) is 15.7. The molecule has 0 spiro atoms. The van der Waals surface area contributed by atoms with Crippen LogP contribution < -0.4 is 0 Å². The van der Waals surface area contributed by atoms with Gasteiger partial charge in [0.25, 0.3) is 0 Å². The van der Waals surface area contributed by atoms with E-state index in [9.17, 15) is 4.79 Å². The lowest BCUT2D eigenvalue weighted by Crippen LogP contribution is -2.41. The van der Waals surface area contributed by atoms with Gasteiger partial charge in [0.2, 0.25) is 5.91 Å². The fraction of sp³-hybridized carbons (Fsp3) is 0.682. The van der Waals surface area contributed by atoms with Crippen molar-refractivity contribution in [1.29, 1.82) is 0 Å². The number of amides is 1. The van der Waals surface area contributed by atoms with Crippen LogP contribution in [0.15, 0.2) is 18.2 Å². The summed E-state index contributed by atoms with van der Waals surface area (Å²) in [4.78, 5) is 17.2. The third kappa shape index (κ3) is 3.76. The van der Waals surface area contributed by atoms with Crippen LogP contribution >= 0.6 is 0 Å². The molecule has 2 fully saturated rings. The maximum Gasteiger partial charge on any atom is 0.223 e. The molecule has 1 aromatic carbocycles. The minimum absolute atomic E-state index is 0.344. The Bertz CT molecular complexity index is 622. The van der Waals surface area contributed by atoms with E-state index in [0.29, 0.717) is 18.4 Å². The zero-order valence-electron chi connectivity index (χ0n) is 15.7. The molecule has 3 aliphatic rings. The number of carbonyl (C=O) groups excluding carboxylic acids is 1. The van der Waals surface area contributed by atoms with Crippen molar-refractivity contribution in [3.63, 3.8) is 0 Å². The van der Waals surface area contributed by atoms with Gasteiger partial charge in [-0.05, 0) is 68.6 Å². The zero-order chi connectivity index (χ0) is 17.2. The van der Waals surface area contributed by atoms with Gasteiger partial charge in [0.05, 0.1) is 0 Å². The lowest BCUT2D eigenvalue weighted by Gasteiger charge is -2.36. The van der Waals surface area contributed by atoms with Crippen LogP contribution in [0.1, 0.15) is 62.1 Å². The summed E-state index contributed by atoms with van der Waals surface area (Å²) >= 11 is 0. The molecule has 1 saturated carbocycles. The second kappa shape index (κ2) is 7.49. The van der Waals surface area contributed by atoms with E-state index < -0.39 is 0 Å². The number of likely N-dealkylation sites (tertiary alicyclic amines) is 1. The molecular formula is C22H32N2O. The van der Waals surface area contributed by atoms with Crippen molar-refractivity contribution in [3.05, 3.63) is 34.9 Å². The maximum absolute atomic E-state index is 12.4. The van der Waals surface area contributed by atoms with Crippen molar-refractivity contribution in [1.82, 2.24) is 9.80 Å². The number of carbonyl (C=O) groups is 1. The smallest absolute Gasteiger partial charge is 0.223 e. The Hall–Kier alpha value is -1.35. The van der Waals surface area contributed by atoms with Crippen molar-refractivity contribution >= 4 is 5.91 Å². The molecule has 0 radical (unpaired) electrons. The third-order valence-corrected chi connectivity index (χ3v) is 6.70. The van der Waals surface area contributed by atoms with Gasteiger partial charge in [-0.15, -0.1) is 0 Å². The Morgan fingerprint density at radius 2 is 1.84 bits per heavy atom. The lowest BCUT2D eigenvalue weighted by atomic mass is 9.91. The fourth-order valence-corrected chi connectivity index (χ4v) is 4.77. The Balaban J connectivity index is 1.35. The SMILES string of the molecule is C[C@H]1CCCN1C(=O)CCc1ccc2c(c1)CCN(C1CCC1)CC2. The van der Waals surface area contributed by atoms with Gasteiger partial charge in [-0.25, -0.2) is 0 Å². The van der Waals surface area contributed by atoms with Gasteiger partial charge >= 0.3 is 0 Å². The number of nitrogens with zero attached hydrogens (tertiary/aromatic N) is 2. The summed E-state index contributed by atoms with van der Waals surface area (Å²) in [5, 5.41) is 0. The highest BCUT2D eigenvalue weighted by Gasteiger charge is 2.27. The average molecular weight is 341 g/mol. The third-order valence-electron chi connectivity index (χ3n) is 6.70. The van der Waals surface area contributed by atoms with Gasteiger partial charge in [-0.3, -0.25) is 9.69 Å². The van der Waals surface area contributed by atoms with E-state index >= 15 is 0 Å². The largest absolute Gasteiger partial charge is 0.340 e. The number of rotatable bonds is 4. The molecule has 2 heterocycles. The van der Waals surface area contributed by atoms with Crippen molar-refractivity contribution < 1.29 is 4.79 Å². The molecule has 1 saturated heterocycles. The highest BCUT2D eigenvalue weighted by atomic mass is 16.2. The number of hydrogen-bond donors (Lipinski definition) is 0. The van der Waals surface area contributed by atoms with Gasteiger partial charge in [0, 0.05) is 38.1 Å². The Morgan fingerprint density at radius 1 is 1.04 bits per heavy atom. The van der Waals surface area contributed by atoms with Gasteiger partial charge in [-0.2, -0.15) is 0 Å². The standard InChI is InChI=1S/C22H32N2O/c1-17-4-3-13-24(17)22(25)10-8-18-7-9-19-11-14-23(21-5-2-6-21)15-12-20(19)16-18/h7,9,16-17,21H,2-6,8,10-15H2,1H3/t17-/m0/s1. The van der Waals surface area contributed by atoms with Crippen LogP contribution in [-0.2, 0) is 24.1 Å². The van der Waals surface area contributed by atoms with Crippen LogP contribution in [0.5, 0.6) is 0 Å². The second-order valence-corrected chi connectivity index (χ2v) is 8.30. The first-order chi connectivity index (χ1) is 12.2. The predicted octanol–water partition coefficient (Wildman–Crippen LogP) is 3.58. The van der Waals surface area contributed by atoms with Gasteiger partial charge in [0.1, 0.15) is 0 Å². The van der Waals surface area contributed by atoms with Crippen molar-refractivity contribution in [3.8, 4) is 0 Å². The Kier molecular flexibility index (Phi) is 5.12. The first-order valence-corrected chi connectivity index (χ1v) is 10.3. The first-order valence-electron chi connectivity index (χ1n) is 10.3. The predicted molar refractivity (Wildman–Crippen MR) is 102 cm³/mol. The van der Waals surface area contributed by atoms with Crippen LogP contribution in [0.25, 0.3) is 0 Å². The van der Waals surface area contributed by atoms with Crippen molar-refractivity contribution in [2.75, 3.05) is 19.6 Å². The Morgan fingerprint density at radius 3 is 2.52 bits per heavy atom. The summed E-state index contributed by atoms with van der Waals surface area (Å²) in [6.45, 7) is 5.58. The van der Waals surface area contributed by atoms with E-state index in [4.69, 9.17) is 0 Å². The number of fused-ring (bicyclic) bond motifs is 1. The van der Waals surface area contributed by atoms with E-state index in [1.807, 2.05) is 0 Å². The maximum atomic E-state index is 12.4. The van der Waals surface area contributed by atoms with E-state index in [-0.39, 0.29) is 0 Å². The van der Waals surface area contributed by atoms with E-state index in [1.165, 1.54) is 74.7 Å². The summed E-state index contributed by atoms with van der Waals surface area (Å²) in [5.74, 6) is 0.344. The summed E-state index contributed by atoms with van der Waals surface area (Å²) < 4.78 is 0. The molecule has 1 aromatic rings. The highest BCUT2D eigenvalue weighted by molar-refractivity contribution is 5.77. The first kappa shape index (κ1) is 17.1. The molecule has 3 nitrogen and oxygen atoms in total. The molecule has 0 unspecified atom stereocenters. The topological polar surface area (TPSA) is 23.6 Å². The second-order valence-electron chi connectivity index (χ2n) is 8.30. The monoisotopic (exact) mass is 340 g/mol. The molecule has 25 heavy (non-hydrogen) atoms. The molecule has 0 bridgehead atoms. The van der Waals surface area contributed by atoms with Gasteiger partial charge in [0.15, 0.2) is 0 Å². The normalized spacial score (nSPS) is 24.7. The van der Waals surface area contributed by atoms with Gasteiger partial charge < -0.3 is 4.90 Å². The van der Waals surface area contributed by atoms with Crippen molar-refractivity contribution in [2.24, 2.45) is 0 Å². The highest BCUT2D eigenvalue weighted by Crippen LogP contribution is 2.28. The molecule has 1 amide bonds. The minimum Gasteiger partial charge on any atom is -0.340 e. The number of benzene rings is 1. The summed E-state index contributed by atoms with van der Waals surface area (Å²) in [6, 6.07) is 8.28. The van der Waals surface area contributed by atoms with Crippen molar-refractivity contribution in [2.45, 2.75) is 76.8 Å². The molecule has 3 heteroatoms. The average Bonchev–Trinajstić information content (AvgIpc) is 2.89. The molecule has 136 valence electrons. The van der Waals surface area contributed by atoms with Crippen LogP contribution in [0, 0.1) is 0 Å². The summed E-state index contributed by atoms with van der Waals surface area (Å²) in [6.07, 6.45) is 10.5. The molecule has 2 aliphatic heterocycles. The minimum atomic E-state index is 0.344. The molecule has 0 aromatic heterocycles. The van der Waals surface area contributed by atoms with E-state index in [2.05, 4.69) is 34.9 Å². The molecule has 0 N–H and O–H groups in total. The lowest BCUT2D eigenvalue weighted by molar-refractivity contribution is -0.131. The number of aryl methyl sites for hydroxylation is 1. The summed E-state index contributed by atoms with van der Waals surface area (Å²) in [5.41, 5.74) is 4.41. The van der Waals surface area contributed by atoms with Crippen LogP contribution in [0.4, 0.5) is 0 Å². The summed E-state index contributed by atoms with van der Waals surface area (Å²) in [7, 11) is 0. The molecule has 1 aliphatic carbocycles. The van der Waals surface area contributed by atoms with E-state index in [0.717, 1.165) is 19.0 Å². The van der Waals surface area contributed by atoms with E-state index in [1.54, 1.807) is 0 Å². The van der Waals surface area contributed by atoms with Crippen LogP contribution in [0.3, 0.4) is 0 Å².